The van der Waals surface area contributed by atoms with E-state index in [1.54, 1.807) is 27.0 Å². The fraction of sp³-hybridized carbons (Fsp3) is 0.810. The summed E-state index contributed by atoms with van der Waals surface area (Å²) in [5.41, 5.74) is 0.651. The lowest BCUT2D eigenvalue weighted by molar-refractivity contribution is -0.164. The number of hydrogen-bond donors (Lipinski definition) is 1. The number of aliphatic hydroxyl groups is 1. The lowest BCUT2D eigenvalue weighted by atomic mass is 9.79. The van der Waals surface area contributed by atoms with Crippen LogP contribution in [0.25, 0.3) is 0 Å². The molecule has 0 spiro atoms. The highest BCUT2D eigenvalue weighted by Gasteiger charge is 2.34. The maximum Gasteiger partial charge on any atom is 0.311 e. The Hall–Kier alpha value is -1.20. The Labute approximate surface area is 158 Å². The molecule has 0 saturated carbocycles. The van der Waals surface area contributed by atoms with E-state index in [9.17, 15) is 14.7 Å². The van der Waals surface area contributed by atoms with E-state index in [1.807, 2.05) is 13.8 Å². The lowest BCUT2D eigenvalue weighted by Crippen LogP contribution is -2.39. The largest absolute Gasteiger partial charge is 0.459 e. The first-order valence-electron chi connectivity index (χ1n) is 9.89. The van der Waals surface area contributed by atoms with Gasteiger partial charge in [0.05, 0.1) is 12.0 Å². The van der Waals surface area contributed by atoms with E-state index in [0.717, 1.165) is 19.3 Å². The molecule has 1 heterocycles. The molecule has 5 heteroatoms. The average Bonchev–Trinajstić information content (AvgIpc) is 2.64. The van der Waals surface area contributed by atoms with Gasteiger partial charge in [0, 0.05) is 13.5 Å². The third kappa shape index (κ3) is 5.92. The number of cyclic esters (lactones) is 1. The number of aliphatic hydroxyl groups excluding tert-OH is 1. The average molecular weight is 369 g/mol. The summed E-state index contributed by atoms with van der Waals surface area (Å²) in [4.78, 5) is 25.0. The maximum atomic E-state index is 12.6. The van der Waals surface area contributed by atoms with Gasteiger partial charge >= 0.3 is 5.97 Å². The molecule has 150 valence electrons. The molecule has 0 radical (unpaired) electrons. The number of ether oxygens (including phenoxy) is 2. The highest BCUT2D eigenvalue weighted by Crippen LogP contribution is 2.29. The Morgan fingerprint density at radius 2 is 1.88 bits per heavy atom. The smallest absolute Gasteiger partial charge is 0.311 e. The number of hydrogen-bond acceptors (Lipinski definition) is 5. The fourth-order valence-corrected chi connectivity index (χ4v) is 3.74. The second-order valence-corrected chi connectivity index (χ2v) is 7.56. The quantitative estimate of drug-likeness (QED) is 0.769. The second-order valence-electron chi connectivity index (χ2n) is 7.56. The second kappa shape index (κ2) is 10.8. The highest BCUT2D eigenvalue weighted by atomic mass is 16.6. The summed E-state index contributed by atoms with van der Waals surface area (Å²) in [6, 6.07) is 0. The molecule has 1 aliphatic heterocycles. The number of esters is 1. The predicted octanol–water partition coefficient (Wildman–Crippen LogP) is 3.68. The Kier molecular flexibility index (Phi) is 9.51. The number of methoxy groups -OCH3 is 1. The molecule has 1 N–H and O–H groups in total. The van der Waals surface area contributed by atoms with E-state index in [1.165, 1.54) is 0 Å². The lowest BCUT2D eigenvalue weighted by Gasteiger charge is -2.32. The number of carbonyl (C=O) groups excluding carboxylic acids is 2. The minimum Gasteiger partial charge on any atom is -0.459 e. The van der Waals surface area contributed by atoms with Crippen molar-refractivity contribution in [2.75, 3.05) is 7.11 Å². The molecule has 0 amide bonds. The van der Waals surface area contributed by atoms with Gasteiger partial charge in [-0.25, -0.2) is 0 Å². The van der Waals surface area contributed by atoms with Crippen molar-refractivity contribution in [1.82, 2.24) is 0 Å². The van der Waals surface area contributed by atoms with Gasteiger partial charge in [-0.05, 0) is 56.6 Å². The van der Waals surface area contributed by atoms with Crippen LogP contribution in [0.1, 0.15) is 66.7 Å². The van der Waals surface area contributed by atoms with Gasteiger partial charge in [-0.1, -0.05) is 27.2 Å². The summed E-state index contributed by atoms with van der Waals surface area (Å²) in [6.07, 6.45) is 3.66. The number of rotatable bonds is 3. The Balaban J connectivity index is 3.16. The Bertz CT molecular complexity index is 499. The molecule has 0 aromatic heterocycles. The Morgan fingerprint density at radius 3 is 2.42 bits per heavy atom. The molecule has 26 heavy (non-hydrogen) atoms. The monoisotopic (exact) mass is 368 g/mol. The molecule has 0 saturated heterocycles. The summed E-state index contributed by atoms with van der Waals surface area (Å²) >= 11 is 0. The van der Waals surface area contributed by atoms with Gasteiger partial charge in [0.1, 0.15) is 12.2 Å². The van der Waals surface area contributed by atoms with Crippen LogP contribution in [0.5, 0.6) is 0 Å². The van der Waals surface area contributed by atoms with Crippen molar-refractivity contribution in [1.29, 1.82) is 0 Å². The number of carbonyl (C=O) groups is 2. The van der Waals surface area contributed by atoms with Gasteiger partial charge in [0.2, 0.25) is 0 Å². The van der Waals surface area contributed by atoms with Crippen molar-refractivity contribution < 1.29 is 24.2 Å². The van der Waals surface area contributed by atoms with Gasteiger partial charge in [-0.3, -0.25) is 9.59 Å². The zero-order valence-corrected chi connectivity index (χ0v) is 17.2. The number of allylic oxidation sites excluding steroid dienone is 1. The fourth-order valence-electron chi connectivity index (χ4n) is 3.74. The van der Waals surface area contributed by atoms with E-state index in [2.05, 4.69) is 6.92 Å². The van der Waals surface area contributed by atoms with Crippen molar-refractivity contribution >= 4 is 11.8 Å². The molecular formula is C21H36O5. The van der Waals surface area contributed by atoms with Crippen LogP contribution in [0.4, 0.5) is 0 Å². The molecule has 0 aromatic rings. The molecule has 1 rings (SSSR count). The number of ketones is 1. The molecule has 6 unspecified atom stereocenters. The van der Waals surface area contributed by atoms with Gasteiger partial charge in [-0.2, -0.15) is 0 Å². The first-order valence-corrected chi connectivity index (χ1v) is 9.89. The van der Waals surface area contributed by atoms with Gasteiger partial charge < -0.3 is 14.6 Å². The van der Waals surface area contributed by atoms with Crippen molar-refractivity contribution in [3.8, 4) is 0 Å². The summed E-state index contributed by atoms with van der Waals surface area (Å²) in [5.74, 6) is -0.672. The van der Waals surface area contributed by atoms with E-state index in [4.69, 9.17) is 9.47 Å². The van der Waals surface area contributed by atoms with Crippen LogP contribution in [-0.4, -0.2) is 42.3 Å². The zero-order chi connectivity index (χ0) is 19.9. The maximum absolute atomic E-state index is 12.6. The number of Topliss-reactive ketones (excluding diaryl/α,β-unsaturated/α-hetero) is 1. The minimum absolute atomic E-state index is 0.0319. The Morgan fingerprint density at radius 1 is 1.23 bits per heavy atom. The van der Waals surface area contributed by atoms with Crippen molar-refractivity contribution in [3.63, 3.8) is 0 Å². The van der Waals surface area contributed by atoms with E-state index in [0.29, 0.717) is 18.4 Å². The van der Waals surface area contributed by atoms with Crippen LogP contribution < -0.4 is 0 Å². The van der Waals surface area contributed by atoms with Gasteiger partial charge in [0.25, 0.3) is 0 Å². The molecule has 5 nitrogen and oxygen atoms in total. The van der Waals surface area contributed by atoms with Crippen molar-refractivity contribution in [2.45, 2.75) is 85.0 Å². The molecule has 1 aliphatic rings. The zero-order valence-electron chi connectivity index (χ0n) is 17.2. The standard InChI is InChI=1S/C21H36O5/c1-7-16-10-9-11-17(22)13(3)12-19(25-6)18(8-2)26-21(24)15(5)20(23)14(16)4/h12,14-16,18-20,23H,7-11H2,1-6H3/b13-12+. The predicted molar refractivity (Wildman–Crippen MR) is 102 cm³/mol. The van der Waals surface area contributed by atoms with Crippen LogP contribution in [0.2, 0.25) is 0 Å². The van der Waals surface area contributed by atoms with Crippen LogP contribution in [0.15, 0.2) is 11.6 Å². The van der Waals surface area contributed by atoms with E-state index < -0.39 is 30.2 Å². The molecule has 0 aliphatic carbocycles. The molecule has 0 bridgehead atoms. The SMILES string of the molecule is CCC1CCCC(=O)/C(C)=C/C(OC)C(CC)OC(=O)C(C)C(O)C1C. The summed E-state index contributed by atoms with van der Waals surface area (Å²) in [6.45, 7) is 9.50. The van der Waals surface area contributed by atoms with Crippen LogP contribution >= 0.6 is 0 Å². The molecule has 0 fully saturated rings. The van der Waals surface area contributed by atoms with Crippen LogP contribution in [0, 0.1) is 17.8 Å². The van der Waals surface area contributed by atoms with Crippen molar-refractivity contribution in [3.05, 3.63) is 11.6 Å². The van der Waals surface area contributed by atoms with E-state index >= 15 is 0 Å². The minimum atomic E-state index is -0.762. The van der Waals surface area contributed by atoms with Gasteiger partial charge in [-0.15, -0.1) is 0 Å². The third-order valence-electron chi connectivity index (χ3n) is 5.83. The third-order valence-corrected chi connectivity index (χ3v) is 5.83. The normalized spacial score (nSPS) is 37.4. The summed E-state index contributed by atoms with van der Waals surface area (Å²) in [7, 11) is 1.55. The van der Waals surface area contributed by atoms with Crippen molar-refractivity contribution in [2.24, 2.45) is 17.8 Å². The van der Waals surface area contributed by atoms with Crippen LogP contribution in [0.3, 0.4) is 0 Å². The van der Waals surface area contributed by atoms with E-state index in [-0.39, 0.29) is 17.6 Å². The first kappa shape index (κ1) is 22.8. The molecule has 6 atom stereocenters. The highest BCUT2D eigenvalue weighted by molar-refractivity contribution is 5.94. The first-order chi connectivity index (χ1) is 12.3. The summed E-state index contributed by atoms with van der Waals surface area (Å²) in [5, 5.41) is 10.7. The van der Waals surface area contributed by atoms with Crippen LogP contribution in [-0.2, 0) is 19.1 Å². The molecule has 0 aromatic carbocycles. The molecular weight excluding hydrogens is 332 g/mol. The topological polar surface area (TPSA) is 72.8 Å². The van der Waals surface area contributed by atoms with Gasteiger partial charge in [0.15, 0.2) is 5.78 Å². The summed E-state index contributed by atoms with van der Waals surface area (Å²) < 4.78 is 11.1.